The molecule has 18 aromatic rings. The molecule has 16 aromatic carbocycles. The van der Waals surface area contributed by atoms with Crippen molar-refractivity contribution < 1.29 is 8.78 Å². The molecule has 1 aliphatic heterocycles. The summed E-state index contributed by atoms with van der Waals surface area (Å²) in [4.78, 5) is 10.4. The van der Waals surface area contributed by atoms with Crippen molar-refractivity contribution >= 4 is 82.3 Å². The molecule has 19 rings (SSSR count). The van der Waals surface area contributed by atoms with Crippen LogP contribution in [0.2, 0.25) is 0 Å². The number of fused-ring (bicyclic) bond motifs is 9. The van der Waals surface area contributed by atoms with Crippen LogP contribution in [0.25, 0.3) is 149 Å². The second kappa shape index (κ2) is 28.7. The van der Waals surface area contributed by atoms with Crippen molar-refractivity contribution in [1.29, 1.82) is 0 Å². The predicted octanol–water partition coefficient (Wildman–Crippen LogP) is 28.0. The minimum Gasteiger partial charge on any atom is -0.309 e. The molecule has 0 saturated heterocycles. The van der Waals surface area contributed by atoms with E-state index >= 15 is 0 Å². The molecule has 0 N–H and O–H groups in total. The van der Waals surface area contributed by atoms with Gasteiger partial charge >= 0.3 is 0 Å². The first-order chi connectivity index (χ1) is 54.6. The van der Waals surface area contributed by atoms with Gasteiger partial charge in [0, 0.05) is 49.6 Å². The van der Waals surface area contributed by atoms with Crippen LogP contribution in [-0.2, 0) is 6.42 Å². The van der Waals surface area contributed by atoms with Crippen molar-refractivity contribution in [2.24, 2.45) is 9.98 Å². The van der Waals surface area contributed by atoms with Gasteiger partial charge in [-0.15, -0.1) is 0 Å². The highest BCUT2D eigenvalue weighted by Gasteiger charge is 2.27. The van der Waals surface area contributed by atoms with E-state index in [2.05, 4.69) is 351 Å². The van der Waals surface area contributed by atoms with Gasteiger partial charge in [-0.1, -0.05) is 244 Å². The molecule has 0 amide bonds. The monoisotopic (exact) mass is 1430 g/mol. The fourth-order valence-electron chi connectivity index (χ4n) is 16.6. The third kappa shape index (κ3) is 12.8. The molecule has 6 heteroatoms. The zero-order valence-electron chi connectivity index (χ0n) is 61.5. The summed E-state index contributed by atoms with van der Waals surface area (Å²) in [5, 5.41) is 9.51. The van der Waals surface area contributed by atoms with Crippen LogP contribution in [0.1, 0.15) is 59.7 Å². The largest absolute Gasteiger partial charge is 0.309 e. The molecule has 0 radical (unpaired) electrons. The molecule has 2 aromatic heterocycles. The predicted molar refractivity (Wildman–Crippen MR) is 463 cm³/mol. The van der Waals surface area contributed by atoms with Gasteiger partial charge in [0.1, 0.15) is 17.7 Å². The first-order valence-corrected chi connectivity index (χ1v) is 38.0. The number of hydrogen-bond donors (Lipinski definition) is 0. The minimum absolute atomic E-state index is 0.342. The van der Waals surface area contributed by atoms with Crippen molar-refractivity contribution in [1.82, 2.24) is 9.13 Å². The van der Waals surface area contributed by atoms with Gasteiger partial charge in [0.15, 0.2) is 5.84 Å². The van der Waals surface area contributed by atoms with Crippen molar-refractivity contribution in [2.45, 2.75) is 32.7 Å². The number of nitrogens with zero attached hydrogens (tertiary/aromatic N) is 4. The Morgan fingerprint density at radius 3 is 1.39 bits per heavy atom. The van der Waals surface area contributed by atoms with Gasteiger partial charge in [-0.25, -0.2) is 13.8 Å². The summed E-state index contributed by atoms with van der Waals surface area (Å²) in [7, 11) is 0. The zero-order chi connectivity index (χ0) is 74.6. The number of para-hydroxylation sites is 1. The minimum atomic E-state index is -0.559. The van der Waals surface area contributed by atoms with E-state index in [9.17, 15) is 8.78 Å². The number of halogens is 2. The molecule has 0 saturated carbocycles. The normalized spacial score (nSPS) is 13.4. The Bertz CT molecular complexity index is 6760. The van der Waals surface area contributed by atoms with Gasteiger partial charge in [0.25, 0.3) is 0 Å². The van der Waals surface area contributed by atoms with Gasteiger partial charge in [0.2, 0.25) is 0 Å². The molecule has 111 heavy (non-hydrogen) atoms. The number of benzene rings is 16. The number of rotatable bonds is 16. The van der Waals surface area contributed by atoms with E-state index in [-0.39, 0.29) is 11.6 Å². The van der Waals surface area contributed by atoms with Crippen LogP contribution in [0, 0.1) is 11.6 Å². The van der Waals surface area contributed by atoms with Crippen LogP contribution >= 0.6 is 0 Å². The third-order valence-electron chi connectivity index (χ3n) is 22.2. The van der Waals surface area contributed by atoms with E-state index in [0.29, 0.717) is 29.1 Å². The lowest BCUT2D eigenvalue weighted by molar-refractivity contribution is 0.626. The molecule has 1 atom stereocenters. The highest BCUT2D eigenvalue weighted by Crippen LogP contribution is 2.43. The SMILES string of the molecule is C=C1C(c2ccc(F)cc2)=NC(c2ccc(-n3c4cc(Cc5cc6cc(-c7cc(-c8ccccc8)cc(-c8ccccc8)c7)ccc6c6ccccc56)ccc4c4ccc(-c5ccc(-n6c7ccccc7c7ccc(-c8cc(C(=CC=CC)CC)cc(-c9ccccc9)c8)cc76)cc5)cc43)cc2)=NC1c1ccc(F)cc1. The molecule has 1 aliphatic rings. The molecule has 0 fully saturated rings. The lowest BCUT2D eigenvalue weighted by Gasteiger charge is -2.24. The first kappa shape index (κ1) is 67.7. The molecule has 1 unspecified atom stereocenters. The van der Waals surface area contributed by atoms with E-state index in [0.717, 1.165) is 89.6 Å². The summed E-state index contributed by atoms with van der Waals surface area (Å²) in [5.74, 6) is -0.196. The second-order valence-corrected chi connectivity index (χ2v) is 29.0. The van der Waals surface area contributed by atoms with E-state index in [1.54, 1.807) is 24.3 Å². The Morgan fingerprint density at radius 2 is 0.802 bits per heavy atom. The maximum absolute atomic E-state index is 14.5. The van der Waals surface area contributed by atoms with E-state index < -0.39 is 6.04 Å². The molecule has 0 aliphatic carbocycles. The molecule has 0 spiro atoms. The lowest BCUT2D eigenvalue weighted by atomic mass is 9.90. The van der Waals surface area contributed by atoms with Crippen LogP contribution in [0.3, 0.4) is 0 Å². The topological polar surface area (TPSA) is 34.6 Å². The highest BCUT2D eigenvalue weighted by molar-refractivity contribution is 6.22. The second-order valence-electron chi connectivity index (χ2n) is 29.0. The fraction of sp³-hybridized carbons (Fsp3) is 0.0476. The number of amidine groups is 1. The molecule has 528 valence electrons. The Balaban J connectivity index is 0.729. The van der Waals surface area contributed by atoms with Crippen LogP contribution in [-0.4, -0.2) is 20.7 Å². The van der Waals surface area contributed by atoms with Crippen molar-refractivity contribution in [3.8, 4) is 78.1 Å². The van der Waals surface area contributed by atoms with E-state index in [1.165, 1.54) is 118 Å². The van der Waals surface area contributed by atoms with Crippen LogP contribution in [0.4, 0.5) is 8.78 Å². The molecule has 3 heterocycles. The Morgan fingerprint density at radius 1 is 0.369 bits per heavy atom. The van der Waals surface area contributed by atoms with Gasteiger partial charge in [-0.05, 0) is 275 Å². The number of aromatic nitrogens is 2. The summed E-state index contributed by atoms with van der Waals surface area (Å²) in [6, 6.07) is 124. The maximum Gasteiger partial charge on any atom is 0.156 e. The van der Waals surface area contributed by atoms with Crippen LogP contribution in [0.5, 0.6) is 0 Å². The number of aliphatic imine (C=N–C) groups is 2. The van der Waals surface area contributed by atoms with Gasteiger partial charge in [-0.2, -0.15) is 0 Å². The molecule has 4 nitrogen and oxygen atoms in total. The fourth-order valence-corrected chi connectivity index (χ4v) is 16.6. The number of allylic oxidation sites excluding steroid dienone is 4. The van der Waals surface area contributed by atoms with Crippen LogP contribution < -0.4 is 0 Å². The smallest absolute Gasteiger partial charge is 0.156 e. The van der Waals surface area contributed by atoms with Crippen LogP contribution in [0.15, 0.2) is 392 Å². The van der Waals surface area contributed by atoms with Crippen molar-refractivity contribution in [3.05, 3.63) is 427 Å². The summed E-state index contributed by atoms with van der Waals surface area (Å²) in [5.41, 5.74) is 28.8. The lowest BCUT2D eigenvalue weighted by Crippen LogP contribution is -2.20. The summed E-state index contributed by atoms with van der Waals surface area (Å²) < 4.78 is 33.8. The summed E-state index contributed by atoms with van der Waals surface area (Å²) in [6.45, 7) is 8.78. The molecule has 0 bridgehead atoms. The van der Waals surface area contributed by atoms with Gasteiger partial charge < -0.3 is 9.13 Å². The standard InChI is InChI=1S/C105H74F2N4/c1-4-6-20-69(5-2)80-58-81(70-21-10-7-11-22-70)63-85(59-80)79-42-54-97-95-29-18-19-30-99(95)110(101(97)66-79)90-47-36-73(37-48-90)78-41-53-98-96-51-31-68(55-86-64-87-57-77(40-52-93(87)94-28-17-16-27-92(86)94)84-61-82(71-23-12-8-13-24-71)60-83(62-84)72-25-14-9-15-26-72)56-100(96)111(102(98)65-78)91-49-38-76(39-50-91)105-108-103(74-32-43-88(106)44-33-74)67(3)104(109-105)75-34-45-89(107)46-35-75/h4,6-54,56-66,103H,3,5,55H2,1-2H3. The highest BCUT2D eigenvalue weighted by atomic mass is 19.1. The molecular weight excluding hydrogens is 1360 g/mol. The maximum atomic E-state index is 14.5. The Hall–Kier alpha value is -13.9. The van der Waals surface area contributed by atoms with Gasteiger partial charge in [0.05, 0.1) is 27.8 Å². The zero-order valence-corrected chi connectivity index (χ0v) is 61.5. The molecular formula is C105H74F2N4. The van der Waals surface area contributed by atoms with E-state index in [4.69, 9.17) is 9.98 Å². The first-order valence-electron chi connectivity index (χ1n) is 38.0. The summed E-state index contributed by atoms with van der Waals surface area (Å²) >= 11 is 0. The van der Waals surface area contributed by atoms with Gasteiger partial charge in [-0.3, -0.25) is 4.99 Å². The Labute approximate surface area is 644 Å². The van der Waals surface area contributed by atoms with Crippen molar-refractivity contribution in [3.63, 3.8) is 0 Å². The quantitative estimate of drug-likeness (QED) is 0.0683. The summed E-state index contributed by atoms with van der Waals surface area (Å²) in [6.07, 6.45) is 8.07. The third-order valence-corrected chi connectivity index (χ3v) is 22.2. The Kier molecular flexibility index (Phi) is 17.5. The number of hydrogen-bond acceptors (Lipinski definition) is 2. The average Bonchev–Trinajstić information content (AvgIpc) is 1.61. The van der Waals surface area contributed by atoms with Crippen molar-refractivity contribution in [2.75, 3.05) is 0 Å². The average molecular weight is 1430 g/mol. The van der Waals surface area contributed by atoms with E-state index in [1.807, 2.05) is 0 Å².